The van der Waals surface area contributed by atoms with Gasteiger partial charge in [-0.1, -0.05) is 24.3 Å². The second-order valence-electron chi connectivity index (χ2n) is 10.5. The minimum atomic E-state index is -5.09. The summed E-state index contributed by atoms with van der Waals surface area (Å²) in [6, 6.07) is 14.6. The van der Waals surface area contributed by atoms with Gasteiger partial charge in [-0.05, 0) is 68.5 Å². The summed E-state index contributed by atoms with van der Waals surface area (Å²) in [5, 5.41) is 12.4. The lowest BCUT2D eigenvalue weighted by Crippen LogP contribution is -2.28. The molecule has 42 heavy (non-hydrogen) atoms. The summed E-state index contributed by atoms with van der Waals surface area (Å²) >= 11 is 0. The number of allylic oxidation sites excluding steroid dienone is 3. The summed E-state index contributed by atoms with van der Waals surface area (Å²) in [7, 11) is -9.92. The van der Waals surface area contributed by atoms with Crippen LogP contribution < -0.4 is 5.32 Å². The first-order valence-corrected chi connectivity index (χ1v) is 16.1. The number of anilines is 1. The molecule has 1 aliphatic rings. The van der Waals surface area contributed by atoms with Gasteiger partial charge >= 0.3 is 5.97 Å². The molecular formula is C30H32N2O8S2. The Morgan fingerprint density at radius 3 is 2.33 bits per heavy atom. The molecular weight excluding hydrogens is 580 g/mol. The lowest BCUT2D eigenvalue weighted by Gasteiger charge is -2.20. The predicted molar refractivity (Wildman–Crippen MR) is 159 cm³/mol. The van der Waals surface area contributed by atoms with E-state index in [1.165, 1.54) is 12.1 Å². The van der Waals surface area contributed by atoms with Crippen LogP contribution in [0.25, 0.3) is 10.8 Å². The third-order valence-electron chi connectivity index (χ3n) is 7.22. The molecule has 3 N–H and O–H groups in total. The maximum Gasteiger partial charge on any atom is 0.303 e. The van der Waals surface area contributed by atoms with Gasteiger partial charge in [-0.2, -0.15) is 13.0 Å². The molecule has 3 aromatic carbocycles. The van der Waals surface area contributed by atoms with E-state index < -0.39 is 41.4 Å². The van der Waals surface area contributed by atoms with Gasteiger partial charge < -0.3 is 15.0 Å². The van der Waals surface area contributed by atoms with E-state index in [2.05, 4.69) is 5.32 Å². The number of hydrogen-bond acceptors (Lipinski definition) is 7. The van der Waals surface area contributed by atoms with E-state index in [0.29, 0.717) is 43.1 Å². The summed E-state index contributed by atoms with van der Waals surface area (Å²) in [5.74, 6) is -0.862. The topological polar surface area (TPSA) is 164 Å². The number of benzene rings is 3. The predicted octanol–water partition coefficient (Wildman–Crippen LogP) is 5.19. The maximum absolute atomic E-state index is 12.2. The Morgan fingerprint density at radius 2 is 1.69 bits per heavy atom. The van der Waals surface area contributed by atoms with Crippen molar-refractivity contribution in [1.82, 2.24) is 0 Å². The fourth-order valence-corrected chi connectivity index (χ4v) is 6.67. The van der Waals surface area contributed by atoms with Crippen LogP contribution >= 0.6 is 0 Å². The standard InChI is InChI=1S/C30H32N2O8S2/c1-30(2)27(13-8-9-17-31-21-11-5-3-6-12-21)32(18-10-4-7-14-28(33)34)25-16-15-23-24(29(25)30)19-22(41(35,36)37)20-26(23)42(38,39)40/h3,5-6,8-9,11-13,15-17,19-20H,4,7,10,14,18H2,1-2H3,(H3,33,34,35,36,37,38,39,40). The van der Waals surface area contributed by atoms with Crippen molar-refractivity contribution in [3.8, 4) is 0 Å². The van der Waals surface area contributed by atoms with Crippen LogP contribution in [0.2, 0.25) is 0 Å². The molecule has 0 radical (unpaired) electrons. The second kappa shape index (κ2) is 12.2. The summed E-state index contributed by atoms with van der Waals surface area (Å²) in [4.78, 5) is 9.52. The quantitative estimate of drug-likeness (QED) is 0.108. The largest absolute Gasteiger partial charge is 0.744 e. The number of carboxylic acids is 1. The maximum atomic E-state index is 12.2. The lowest BCUT2D eigenvalue weighted by molar-refractivity contribution is -0.438. The third-order valence-corrected chi connectivity index (χ3v) is 8.93. The van der Waals surface area contributed by atoms with Gasteiger partial charge in [0, 0.05) is 47.8 Å². The summed E-state index contributed by atoms with van der Waals surface area (Å²) in [6.45, 7) is 4.33. The summed E-state index contributed by atoms with van der Waals surface area (Å²) in [5.41, 5.74) is 2.26. The van der Waals surface area contributed by atoms with Crippen molar-refractivity contribution in [3.05, 3.63) is 84.6 Å². The third kappa shape index (κ3) is 6.79. The first-order valence-electron chi connectivity index (χ1n) is 13.3. The average Bonchev–Trinajstić information content (AvgIpc) is 3.12. The fraction of sp³-hybridized carbons (Fsp3) is 0.267. The van der Waals surface area contributed by atoms with Gasteiger partial charge in [-0.25, -0.2) is 8.42 Å². The number of hydrogen-bond donors (Lipinski definition) is 3. The average molecular weight is 613 g/mol. The Balaban J connectivity index is 1.82. The van der Waals surface area contributed by atoms with Crippen molar-refractivity contribution in [2.45, 2.75) is 54.7 Å². The highest BCUT2D eigenvalue weighted by molar-refractivity contribution is 7.86. The van der Waals surface area contributed by atoms with E-state index in [1.807, 2.05) is 67.0 Å². The summed E-state index contributed by atoms with van der Waals surface area (Å²) < 4.78 is 72.4. The van der Waals surface area contributed by atoms with Crippen LogP contribution in [0.15, 0.2) is 88.8 Å². The fourth-order valence-electron chi connectivity index (χ4n) is 5.34. The van der Waals surface area contributed by atoms with Crippen LogP contribution in [-0.2, 0) is 30.4 Å². The van der Waals surface area contributed by atoms with Gasteiger partial charge in [0.15, 0.2) is 5.71 Å². The molecule has 3 aromatic rings. The Morgan fingerprint density at radius 1 is 0.976 bits per heavy atom. The van der Waals surface area contributed by atoms with E-state index in [9.17, 15) is 30.7 Å². The highest BCUT2D eigenvalue weighted by Gasteiger charge is 2.45. The molecule has 0 aliphatic carbocycles. The molecule has 0 saturated heterocycles. The van der Waals surface area contributed by atoms with E-state index >= 15 is 0 Å². The molecule has 0 saturated carbocycles. The highest BCUT2D eigenvalue weighted by atomic mass is 32.2. The van der Waals surface area contributed by atoms with E-state index in [0.717, 1.165) is 11.4 Å². The van der Waals surface area contributed by atoms with Gasteiger partial charge in [0.2, 0.25) is 5.69 Å². The van der Waals surface area contributed by atoms with Crippen LogP contribution in [0, 0.1) is 0 Å². The first-order chi connectivity index (χ1) is 19.7. The van der Waals surface area contributed by atoms with Crippen molar-refractivity contribution >= 4 is 54.1 Å². The zero-order valence-corrected chi connectivity index (χ0v) is 24.8. The minimum Gasteiger partial charge on any atom is -0.744 e. The first kappa shape index (κ1) is 31.1. The SMILES string of the molecule is CC1(C)C(/C=C/C=C/Nc2ccccc2)=[N+](CCCCCC(=O)O)c2ccc3c(S(=O)(=O)[O-])cc(S(=O)(=O)O)cc3c21. The Labute approximate surface area is 245 Å². The van der Waals surface area contributed by atoms with E-state index in [1.54, 1.807) is 12.3 Å². The number of carbonyl (C=O) groups is 1. The molecule has 1 heterocycles. The van der Waals surface area contributed by atoms with Gasteiger partial charge in [0.05, 0.1) is 15.2 Å². The number of fused-ring (bicyclic) bond motifs is 3. The smallest absolute Gasteiger partial charge is 0.303 e. The van der Waals surface area contributed by atoms with Crippen LogP contribution in [-0.4, -0.2) is 53.8 Å². The monoisotopic (exact) mass is 612 g/mol. The zero-order chi connectivity index (χ0) is 30.7. The van der Waals surface area contributed by atoms with E-state index in [4.69, 9.17) is 5.11 Å². The van der Waals surface area contributed by atoms with Crippen LogP contribution in [0.3, 0.4) is 0 Å². The molecule has 0 amide bonds. The summed E-state index contributed by atoms with van der Waals surface area (Å²) in [6.07, 6.45) is 9.24. The number of carboxylic acid groups (broad SMARTS) is 1. The zero-order valence-electron chi connectivity index (χ0n) is 23.1. The minimum absolute atomic E-state index is 0.0582. The number of nitrogens with one attached hydrogen (secondary N) is 1. The van der Waals surface area contributed by atoms with Crippen LogP contribution in [0.5, 0.6) is 0 Å². The Bertz CT molecular complexity index is 1830. The van der Waals surface area contributed by atoms with Gasteiger partial charge in [-0.15, -0.1) is 0 Å². The van der Waals surface area contributed by atoms with Gasteiger partial charge in [-0.3, -0.25) is 9.35 Å². The number of rotatable bonds is 12. The number of para-hydroxylation sites is 1. The molecule has 0 spiro atoms. The number of aliphatic carboxylic acids is 1. The number of nitrogens with zero attached hydrogens (tertiary/aromatic N) is 1. The molecule has 12 heteroatoms. The molecule has 0 fully saturated rings. The van der Waals surface area contributed by atoms with Crippen molar-refractivity contribution in [2.24, 2.45) is 0 Å². The van der Waals surface area contributed by atoms with Crippen LogP contribution in [0.4, 0.5) is 11.4 Å². The Kier molecular flexibility index (Phi) is 9.02. The van der Waals surface area contributed by atoms with Gasteiger partial charge in [0.25, 0.3) is 10.1 Å². The normalized spacial score (nSPS) is 15.1. The Hall–Kier alpha value is -3.84. The molecule has 0 unspecified atom stereocenters. The van der Waals surface area contributed by atoms with Crippen molar-refractivity contribution in [2.75, 3.05) is 11.9 Å². The van der Waals surface area contributed by atoms with Gasteiger partial charge in [0.1, 0.15) is 16.7 Å². The number of unbranched alkanes of at least 4 members (excludes halogenated alkanes) is 2. The van der Waals surface area contributed by atoms with Crippen molar-refractivity contribution in [3.63, 3.8) is 0 Å². The molecule has 1 aliphatic heterocycles. The second-order valence-corrected chi connectivity index (χ2v) is 13.3. The molecule has 0 aromatic heterocycles. The van der Waals surface area contributed by atoms with Crippen molar-refractivity contribution in [1.29, 1.82) is 0 Å². The highest BCUT2D eigenvalue weighted by Crippen LogP contribution is 2.46. The molecule has 222 valence electrons. The molecule has 10 nitrogen and oxygen atoms in total. The molecule has 0 atom stereocenters. The lowest BCUT2D eigenvalue weighted by atomic mass is 9.79. The molecule has 0 bridgehead atoms. The molecule has 4 rings (SSSR count). The van der Waals surface area contributed by atoms with Crippen molar-refractivity contribution < 1.29 is 40.4 Å². The van der Waals surface area contributed by atoms with E-state index in [-0.39, 0.29) is 17.2 Å². The van der Waals surface area contributed by atoms with Crippen LogP contribution in [0.1, 0.15) is 45.1 Å².